The summed E-state index contributed by atoms with van der Waals surface area (Å²) in [5, 5.41) is 24.3. The average molecular weight is 429 g/mol. The summed E-state index contributed by atoms with van der Waals surface area (Å²) >= 11 is 0. The quantitative estimate of drug-likeness (QED) is 0.380. The molecule has 4 aromatic rings. The van der Waals surface area contributed by atoms with Crippen LogP contribution in [0.15, 0.2) is 82.0 Å². The number of aromatic hydroxyl groups is 1. The van der Waals surface area contributed by atoms with Gasteiger partial charge in [0.05, 0.1) is 5.39 Å². The summed E-state index contributed by atoms with van der Waals surface area (Å²) in [7, 11) is 0. The predicted molar refractivity (Wildman–Crippen MR) is 123 cm³/mol. The molecule has 0 fully saturated rings. The highest BCUT2D eigenvalue weighted by Crippen LogP contribution is 2.37. The maximum absolute atomic E-state index is 12.1. The molecule has 1 heterocycles. The fourth-order valence-corrected chi connectivity index (χ4v) is 3.87. The van der Waals surface area contributed by atoms with E-state index in [1.54, 1.807) is 13.0 Å². The highest BCUT2D eigenvalue weighted by atomic mass is 16.4. The van der Waals surface area contributed by atoms with Crippen LogP contribution >= 0.6 is 0 Å². The summed E-state index contributed by atoms with van der Waals surface area (Å²) in [5.41, 5.74) is 3.28. The molecule has 1 atom stereocenters. The number of carboxylic acids is 1. The van der Waals surface area contributed by atoms with E-state index in [0.717, 1.165) is 11.1 Å². The zero-order valence-electron chi connectivity index (χ0n) is 17.5. The molecule has 3 aromatic carbocycles. The Morgan fingerprint density at radius 2 is 1.69 bits per heavy atom. The van der Waals surface area contributed by atoms with Gasteiger partial charge in [-0.05, 0) is 36.1 Å². The van der Waals surface area contributed by atoms with Crippen LogP contribution in [-0.4, -0.2) is 22.2 Å². The molecule has 0 aliphatic rings. The van der Waals surface area contributed by atoms with Crippen LogP contribution in [0.3, 0.4) is 0 Å². The summed E-state index contributed by atoms with van der Waals surface area (Å²) < 4.78 is 5.35. The van der Waals surface area contributed by atoms with Crippen LogP contribution in [0.5, 0.6) is 5.75 Å². The third-order valence-electron chi connectivity index (χ3n) is 5.53. The van der Waals surface area contributed by atoms with Gasteiger partial charge in [-0.25, -0.2) is 4.79 Å². The van der Waals surface area contributed by atoms with Crippen molar-refractivity contribution in [1.82, 2.24) is 5.32 Å². The van der Waals surface area contributed by atoms with Crippen molar-refractivity contribution < 1.29 is 19.4 Å². The van der Waals surface area contributed by atoms with Crippen molar-refractivity contribution in [2.45, 2.75) is 25.9 Å². The van der Waals surface area contributed by atoms with Gasteiger partial charge in [-0.15, -0.1) is 0 Å². The molecule has 0 saturated heterocycles. The Hall–Kier alpha value is -3.90. The summed E-state index contributed by atoms with van der Waals surface area (Å²) in [6.07, 6.45) is 0.313. The topological polar surface area (TPSA) is 99.8 Å². The van der Waals surface area contributed by atoms with Gasteiger partial charge in [0.15, 0.2) is 0 Å². The Morgan fingerprint density at radius 3 is 2.34 bits per heavy atom. The lowest BCUT2D eigenvalue weighted by Crippen LogP contribution is -2.38. The van der Waals surface area contributed by atoms with Crippen molar-refractivity contribution in [1.29, 1.82) is 0 Å². The molecule has 6 heteroatoms. The molecule has 0 aliphatic heterocycles. The molecule has 3 N–H and O–H groups in total. The van der Waals surface area contributed by atoms with E-state index in [1.165, 1.54) is 6.07 Å². The van der Waals surface area contributed by atoms with Gasteiger partial charge in [0.25, 0.3) is 0 Å². The molecule has 0 spiro atoms. The fourth-order valence-electron chi connectivity index (χ4n) is 3.87. The summed E-state index contributed by atoms with van der Waals surface area (Å²) in [4.78, 5) is 23.9. The third kappa shape index (κ3) is 4.40. The number of fused-ring (bicyclic) bond motifs is 1. The summed E-state index contributed by atoms with van der Waals surface area (Å²) in [6.45, 7) is 1.93. The van der Waals surface area contributed by atoms with Crippen molar-refractivity contribution >= 4 is 16.9 Å². The van der Waals surface area contributed by atoms with Gasteiger partial charge in [-0.3, -0.25) is 10.1 Å². The number of phenols is 1. The van der Waals surface area contributed by atoms with E-state index < -0.39 is 17.6 Å². The third-order valence-corrected chi connectivity index (χ3v) is 5.53. The van der Waals surface area contributed by atoms with Gasteiger partial charge in [-0.2, -0.15) is 0 Å². The molecule has 32 heavy (non-hydrogen) atoms. The van der Waals surface area contributed by atoms with Crippen LogP contribution in [0.25, 0.3) is 22.1 Å². The average Bonchev–Trinajstić information content (AvgIpc) is 2.78. The van der Waals surface area contributed by atoms with E-state index in [-0.39, 0.29) is 17.9 Å². The number of benzene rings is 3. The minimum absolute atomic E-state index is 0.0287. The molecule has 1 aromatic heterocycles. The van der Waals surface area contributed by atoms with Crippen molar-refractivity contribution in [2.24, 2.45) is 0 Å². The highest BCUT2D eigenvalue weighted by Gasteiger charge is 2.21. The molecular weight excluding hydrogens is 406 g/mol. The summed E-state index contributed by atoms with van der Waals surface area (Å²) in [6, 6.07) is 20.9. The van der Waals surface area contributed by atoms with Crippen molar-refractivity contribution in [3.8, 4) is 16.9 Å². The molecule has 162 valence electrons. The van der Waals surface area contributed by atoms with Gasteiger partial charge >= 0.3 is 11.6 Å². The van der Waals surface area contributed by atoms with E-state index in [9.17, 15) is 19.8 Å². The zero-order chi connectivity index (χ0) is 22.7. The first kappa shape index (κ1) is 21.3. The van der Waals surface area contributed by atoms with Crippen LogP contribution in [-0.2, 0) is 17.8 Å². The monoisotopic (exact) mass is 429 g/mol. The zero-order valence-corrected chi connectivity index (χ0v) is 17.5. The second-order valence-electron chi connectivity index (χ2n) is 7.70. The van der Waals surface area contributed by atoms with Crippen LogP contribution < -0.4 is 10.9 Å². The number of carbonyl (C=O) groups is 1. The first-order valence-electron chi connectivity index (χ1n) is 10.3. The second kappa shape index (κ2) is 9.08. The van der Waals surface area contributed by atoms with Gasteiger partial charge in [0, 0.05) is 23.7 Å². The number of aryl methyl sites for hydroxylation is 1. The molecule has 0 amide bonds. The minimum atomic E-state index is -0.970. The normalized spacial score (nSPS) is 12.0. The number of carboxylic acid groups (broad SMARTS) is 1. The van der Waals surface area contributed by atoms with Crippen molar-refractivity contribution in [3.05, 3.63) is 99.9 Å². The van der Waals surface area contributed by atoms with E-state index in [2.05, 4.69) is 5.32 Å². The molecule has 1 unspecified atom stereocenters. The lowest BCUT2D eigenvalue weighted by molar-refractivity contribution is -0.139. The van der Waals surface area contributed by atoms with E-state index in [4.69, 9.17) is 4.42 Å². The number of hydrogen-bond donors (Lipinski definition) is 3. The molecule has 0 aliphatic carbocycles. The fraction of sp³-hybridized carbons (Fsp3) is 0.154. The number of nitrogens with one attached hydrogen (secondary N) is 1. The number of rotatable bonds is 7. The van der Waals surface area contributed by atoms with Gasteiger partial charge in [-0.1, -0.05) is 60.7 Å². The Kier molecular flexibility index (Phi) is 6.05. The first-order valence-corrected chi connectivity index (χ1v) is 10.3. The maximum Gasteiger partial charge on any atom is 0.336 e. The van der Waals surface area contributed by atoms with E-state index >= 15 is 0 Å². The number of phenolic OH excluding ortho intramolecular Hbond substituents is 1. The van der Waals surface area contributed by atoms with Gasteiger partial charge in [0.2, 0.25) is 0 Å². The SMILES string of the molecule is Cc1cc2oc(=O)cc(-c3ccccc3)c2c(O)c1CNC(Cc1ccccc1)C(=O)O. The van der Waals surface area contributed by atoms with Gasteiger partial charge < -0.3 is 14.6 Å². The number of hydrogen-bond acceptors (Lipinski definition) is 5. The maximum atomic E-state index is 12.1. The minimum Gasteiger partial charge on any atom is -0.507 e. The smallest absolute Gasteiger partial charge is 0.336 e. The van der Waals surface area contributed by atoms with Crippen molar-refractivity contribution in [3.63, 3.8) is 0 Å². The van der Waals surface area contributed by atoms with Crippen molar-refractivity contribution in [2.75, 3.05) is 0 Å². The molecular formula is C26H23NO5. The van der Waals surface area contributed by atoms with E-state index in [1.807, 2.05) is 60.7 Å². The number of aliphatic carboxylic acids is 1. The Morgan fingerprint density at radius 1 is 1.03 bits per heavy atom. The van der Waals surface area contributed by atoms with Crippen LogP contribution in [0, 0.1) is 6.92 Å². The van der Waals surface area contributed by atoms with E-state index in [0.29, 0.717) is 28.5 Å². The lowest BCUT2D eigenvalue weighted by atomic mass is 9.96. The second-order valence-corrected chi connectivity index (χ2v) is 7.70. The van der Waals surface area contributed by atoms with Crippen LogP contribution in [0.4, 0.5) is 0 Å². The Labute approximate surface area is 184 Å². The highest BCUT2D eigenvalue weighted by molar-refractivity contribution is 5.99. The molecule has 6 nitrogen and oxygen atoms in total. The molecule has 4 rings (SSSR count). The summed E-state index contributed by atoms with van der Waals surface area (Å²) in [5.74, 6) is -0.998. The standard InChI is InChI=1S/C26H23NO5/c1-16-12-22-24(19(14-23(28)32-22)18-10-6-3-7-11-18)25(29)20(16)15-27-21(26(30)31)13-17-8-4-2-5-9-17/h2-12,14,21,27,29H,13,15H2,1H3,(H,30,31). The Balaban J connectivity index is 1.72. The van der Waals surface area contributed by atoms with Crippen LogP contribution in [0.2, 0.25) is 0 Å². The molecule has 0 saturated carbocycles. The first-order chi connectivity index (χ1) is 15.4. The van der Waals surface area contributed by atoms with Crippen LogP contribution in [0.1, 0.15) is 16.7 Å². The van der Waals surface area contributed by atoms with Gasteiger partial charge in [0.1, 0.15) is 17.4 Å². The molecule has 0 bridgehead atoms. The molecule has 0 radical (unpaired) electrons. The predicted octanol–water partition coefficient (Wildman–Crippen LogP) is 4.26. The largest absolute Gasteiger partial charge is 0.507 e. The Bertz CT molecular complexity index is 1310. The lowest BCUT2D eigenvalue weighted by Gasteiger charge is -2.18.